The second-order valence-electron chi connectivity index (χ2n) is 23.8. The second-order valence-corrected chi connectivity index (χ2v) is 23.8. The van der Waals surface area contributed by atoms with Gasteiger partial charge in [-0.1, -0.05) is 131 Å². The molecule has 0 bridgehead atoms. The summed E-state index contributed by atoms with van der Waals surface area (Å²) in [7, 11) is 0. The van der Waals surface area contributed by atoms with Gasteiger partial charge in [-0.15, -0.1) is 15.3 Å². The van der Waals surface area contributed by atoms with Crippen LogP contribution in [-0.2, 0) is 25.2 Å². The van der Waals surface area contributed by atoms with Crippen LogP contribution in [0, 0.1) is 0 Å². The summed E-state index contributed by atoms with van der Waals surface area (Å²) in [6.45, 7) is 20.2. The van der Waals surface area contributed by atoms with E-state index >= 15 is 0 Å². The number of azo groups is 2. The molecule has 2 fully saturated rings. The fraction of sp³-hybridized carbons (Fsp3) is 0.310. The number of allylic oxidation sites excluding steroid dienone is 8. The predicted octanol–water partition coefficient (Wildman–Crippen LogP) is 16.4. The van der Waals surface area contributed by atoms with Gasteiger partial charge in [-0.2, -0.15) is 5.11 Å². The summed E-state index contributed by atoms with van der Waals surface area (Å²) in [6, 6.07) is 49.1. The molecule has 4 heterocycles. The van der Waals surface area contributed by atoms with Gasteiger partial charge >= 0.3 is 5.97 Å². The molecular weight excluding hydrogens is 1040 g/mol. The topological polar surface area (TPSA) is 130 Å². The van der Waals surface area contributed by atoms with E-state index in [0.717, 1.165) is 82.3 Å². The molecule has 5 aliphatic rings. The zero-order valence-electron chi connectivity index (χ0n) is 49.5. The van der Waals surface area contributed by atoms with Crippen molar-refractivity contribution in [1.29, 1.82) is 0 Å². The van der Waals surface area contributed by atoms with Gasteiger partial charge in [0.1, 0.15) is 12.3 Å². The quantitative estimate of drug-likeness (QED) is 0.0668. The van der Waals surface area contributed by atoms with Crippen molar-refractivity contribution in [2.75, 3.05) is 66.3 Å². The maximum atomic E-state index is 13.9. The van der Waals surface area contributed by atoms with Crippen LogP contribution in [0.4, 0.5) is 45.5 Å². The smallest absolute Gasteiger partial charge is 0.306 e. The van der Waals surface area contributed by atoms with E-state index in [1.165, 1.54) is 50.8 Å². The molecule has 7 aromatic carbocycles. The number of anilines is 4. The first-order valence-corrected chi connectivity index (χ1v) is 29.9. The van der Waals surface area contributed by atoms with Crippen LogP contribution in [0.25, 0.3) is 21.5 Å². The molecule has 13 heteroatoms. The lowest BCUT2D eigenvalue weighted by Gasteiger charge is -2.38. The summed E-state index contributed by atoms with van der Waals surface area (Å²) in [5.41, 5.74) is 15.5. The highest BCUT2D eigenvalue weighted by atomic mass is 16.5. The molecule has 1 atom stereocenters. The van der Waals surface area contributed by atoms with E-state index in [1.54, 1.807) is 0 Å². The average molecular weight is 1120 g/mol. The SMILES string of the molecule is CCN1/C(=C\C=C2/CCC/C(=C\C=C3\N(CC)c4ccccc4C3(C)C)C2=[N+]2CCN(C(=O)CCC(=O)OCC3(C)Nc4cccc5c(N=Nc6ccc(N=Nc7ccccc7)c7ccccc67)ccc(c45)N3)CC2)C(C)(C)c2ccccc21. The van der Waals surface area contributed by atoms with Crippen LogP contribution in [0.5, 0.6) is 0 Å². The number of nitrogens with zero attached hydrogens (tertiary/aromatic N) is 8. The minimum absolute atomic E-state index is 0.00403. The number of carbonyl (C=O) groups is 2. The molecule has 0 radical (unpaired) electrons. The Labute approximate surface area is 493 Å². The summed E-state index contributed by atoms with van der Waals surface area (Å²) in [5, 5.41) is 29.5. The third-order valence-electron chi connectivity index (χ3n) is 17.6. The van der Waals surface area contributed by atoms with Gasteiger partial charge in [-0.05, 0) is 118 Å². The Morgan fingerprint density at radius 3 is 1.64 bits per heavy atom. The number of hydrogen-bond donors (Lipinski definition) is 2. The van der Waals surface area contributed by atoms with Crippen molar-refractivity contribution in [2.45, 2.75) is 97.1 Å². The van der Waals surface area contributed by atoms with Crippen molar-refractivity contribution in [3.63, 3.8) is 0 Å². The minimum Gasteiger partial charge on any atom is -0.461 e. The monoisotopic (exact) mass is 1120 g/mol. The lowest BCUT2D eigenvalue weighted by Crippen LogP contribution is -2.49. The van der Waals surface area contributed by atoms with Crippen LogP contribution < -0.4 is 20.4 Å². The lowest BCUT2D eigenvalue weighted by atomic mass is 9.82. The summed E-state index contributed by atoms with van der Waals surface area (Å²) in [4.78, 5) is 34.3. The number of rotatable bonds is 13. The van der Waals surface area contributed by atoms with Crippen LogP contribution in [0.1, 0.15) is 91.7 Å². The van der Waals surface area contributed by atoms with Gasteiger partial charge in [0.25, 0.3) is 0 Å². The fourth-order valence-corrected chi connectivity index (χ4v) is 13.3. The Kier molecular flexibility index (Phi) is 15.2. The molecule has 1 amide bonds. The van der Waals surface area contributed by atoms with Crippen molar-refractivity contribution in [1.82, 2.24) is 4.90 Å². The van der Waals surface area contributed by atoms with Crippen LogP contribution >= 0.6 is 0 Å². The molecule has 1 saturated carbocycles. The molecule has 84 heavy (non-hydrogen) atoms. The van der Waals surface area contributed by atoms with Crippen molar-refractivity contribution < 1.29 is 18.9 Å². The summed E-state index contributed by atoms with van der Waals surface area (Å²) in [6.07, 6.45) is 12.7. The van der Waals surface area contributed by atoms with Crippen molar-refractivity contribution >= 4 is 84.6 Å². The first-order chi connectivity index (χ1) is 40.7. The maximum absolute atomic E-state index is 13.9. The molecule has 1 unspecified atom stereocenters. The van der Waals surface area contributed by atoms with Crippen LogP contribution in [-0.4, -0.2) is 78.6 Å². The molecule has 12 rings (SSSR count). The van der Waals surface area contributed by atoms with Crippen molar-refractivity contribution in [3.8, 4) is 0 Å². The molecule has 13 nitrogen and oxygen atoms in total. The number of fused-ring (bicyclic) bond motifs is 3. The molecule has 1 aliphatic carbocycles. The Morgan fingerprint density at radius 1 is 0.560 bits per heavy atom. The number of nitrogens with one attached hydrogen (secondary N) is 2. The lowest BCUT2D eigenvalue weighted by molar-refractivity contribution is -0.537. The van der Waals surface area contributed by atoms with Gasteiger partial charge < -0.3 is 30.1 Å². The van der Waals surface area contributed by atoms with Crippen molar-refractivity contribution in [3.05, 3.63) is 204 Å². The Balaban J connectivity index is 0.711. The van der Waals surface area contributed by atoms with E-state index in [-0.39, 0.29) is 36.2 Å². The number of ether oxygens (including phenoxy) is 1. The van der Waals surface area contributed by atoms with Crippen LogP contribution in [0.15, 0.2) is 213 Å². The molecule has 0 aromatic heterocycles. The summed E-state index contributed by atoms with van der Waals surface area (Å²) < 4.78 is 8.45. The number of esters is 1. The number of benzene rings is 7. The highest BCUT2D eigenvalue weighted by molar-refractivity contribution is 6.11. The fourth-order valence-electron chi connectivity index (χ4n) is 13.3. The van der Waals surface area contributed by atoms with E-state index < -0.39 is 11.6 Å². The average Bonchev–Trinajstić information content (AvgIpc) is 3.46. The molecule has 426 valence electrons. The van der Waals surface area contributed by atoms with E-state index in [0.29, 0.717) is 31.9 Å². The molecule has 4 aliphatic heterocycles. The van der Waals surface area contributed by atoms with Crippen LogP contribution in [0.3, 0.4) is 0 Å². The Hall–Kier alpha value is -8.97. The number of amides is 1. The first-order valence-electron chi connectivity index (χ1n) is 29.9. The van der Waals surface area contributed by atoms with Gasteiger partial charge in [-0.3, -0.25) is 9.59 Å². The third-order valence-corrected chi connectivity index (χ3v) is 17.6. The first kappa shape index (κ1) is 55.6. The van der Waals surface area contributed by atoms with E-state index in [9.17, 15) is 9.59 Å². The normalized spacial score (nSPS) is 20.9. The number of hydrogen-bond acceptors (Lipinski definition) is 11. The highest BCUT2D eigenvalue weighted by Gasteiger charge is 2.41. The molecule has 0 spiro atoms. The maximum Gasteiger partial charge on any atom is 0.306 e. The zero-order chi connectivity index (χ0) is 58.2. The predicted molar refractivity (Wildman–Crippen MR) is 341 cm³/mol. The van der Waals surface area contributed by atoms with Gasteiger partial charge in [-0.25, -0.2) is 4.58 Å². The Bertz CT molecular complexity index is 3840. The standard InChI is InChI=1S/C71H75N10O3/c1-8-80-61-31-17-15-28-54(61)69(3,4)63(80)39-33-48-21-19-22-49(34-40-64-70(5,6)55-29-16-18-32-62(55)81(64)9-2)68(48)79-45-43-78(44-46-79)65(82)41-42-66(83)84-47-71(7)72-59-30-20-27-53-58(37-38-60(73-71)67(53)59)77-76-57-36-35-56(51-25-13-14-26-52(51)57)75-74-50-23-11-10-12-24-50/h10-18,20,23-40,72-73H,8-9,19,21-22,41-47H2,1-7H3/q+1. The number of likely N-dealkylation sites (N-methyl/N-ethyl adjacent to an activating group) is 2. The van der Waals surface area contributed by atoms with E-state index in [4.69, 9.17) is 15.0 Å². The Morgan fingerprint density at radius 2 is 1.06 bits per heavy atom. The van der Waals surface area contributed by atoms with E-state index in [1.807, 2.05) is 109 Å². The van der Waals surface area contributed by atoms with Crippen molar-refractivity contribution in [2.24, 2.45) is 20.5 Å². The van der Waals surface area contributed by atoms with E-state index in [2.05, 4.69) is 150 Å². The van der Waals surface area contributed by atoms with Gasteiger partial charge in [0.2, 0.25) is 11.6 Å². The highest BCUT2D eigenvalue weighted by Crippen LogP contribution is 2.50. The minimum atomic E-state index is -0.815. The van der Waals surface area contributed by atoms with Crippen LogP contribution in [0.2, 0.25) is 0 Å². The molecule has 7 aromatic rings. The number of para-hydroxylation sites is 2. The molecular formula is C71H75N10O3+. The summed E-state index contributed by atoms with van der Waals surface area (Å²) in [5.74, 6) is -0.446. The number of carbonyl (C=O) groups excluding carboxylic acids is 2. The zero-order valence-corrected chi connectivity index (χ0v) is 49.5. The summed E-state index contributed by atoms with van der Waals surface area (Å²) >= 11 is 0. The molecule has 1 saturated heterocycles. The van der Waals surface area contributed by atoms with Gasteiger partial charge in [0.15, 0.2) is 13.1 Å². The molecule has 2 N–H and O–H groups in total. The third kappa shape index (κ3) is 10.6. The number of piperazine rings is 1. The second kappa shape index (κ2) is 23.0. The van der Waals surface area contributed by atoms with Gasteiger partial charge in [0.05, 0.1) is 42.3 Å². The largest absolute Gasteiger partial charge is 0.461 e. The van der Waals surface area contributed by atoms with Gasteiger partial charge in [0, 0.05) is 97.2 Å².